The fraction of sp³-hybridized carbons (Fsp3) is 0.647. The van der Waals surface area contributed by atoms with Gasteiger partial charge in [-0.3, -0.25) is 4.90 Å². The van der Waals surface area contributed by atoms with Gasteiger partial charge >= 0.3 is 0 Å². The van der Waals surface area contributed by atoms with Crippen molar-refractivity contribution in [2.75, 3.05) is 24.6 Å². The fourth-order valence-corrected chi connectivity index (χ4v) is 5.01. The van der Waals surface area contributed by atoms with E-state index >= 15 is 0 Å². The minimum atomic E-state index is -2.77. The van der Waals surface area contributed by atoms with Crippen molar-refractivity contribution < 1.29 is 8.42 Å². The van der Waals surface area contributed by atoms with Crippen LogP contribution in [0.15, 0.2) is 24.3 Å². The molecule has 1 aliphatic heterocycles. The predicted octanol–water partition coefficient (Wildman–Crippen LogP) is 3.38. The number of halogens is 1. The van der Waals surface area contributed by atoms with Gasteiger partial charge in [-0.2, -0.15) is 0 Å². The van der Waals surface area contributed by atoms with E-state index in [-0.39, 0.29) is 0 Å². The summed E-state index contributed by atoms with van der Waals surface area (Å²) in [4.78, 5) is 2.49. The minimum absolute atomic E-state index is 0.362. The Morgan fingerprint density at radius 1 is 1.00 bits per heavy atom. The summed E-state index contributed by atoms with van der Waals surface area (Å²) < 4.78 is 23.1. The fourth-order valence-electron chi connectivity index (χ4n) is 3.22. The van der Waals surface area contributed by atoms with Crippen LogP contribution >= 0.6 is 11.6 Å². The van der Waals surface area contributed by atoms with Crippen molar-refractivity contribution in [1.29, 1.82) is 0 Å². The molecule has 2 fully saturated rings. The molecule has 0 aromatic heterocycles. The summed E-state index contributed by atoms with van der Waals surface area (Å²) in [6.07, 6.45) is 4.29. The number of rotatable bonds is 6. The van der Waals surface area contributed by atoms with Crippen molar-refractivity contribution >= 4 is 21.4 Å². The minimum Gasteiger partial charge on any atom is -0.298 e. The van der Waals surface area contributed by atoms with Gasteiger partial charge in [0.05, 0.1) is 11.5 Å². The molecule has 0 radical (unpaired) electrons. The third kappa shape index (κ3) is 4.71. The average molecular weight is 342 g/mol. The number of benzene rings is 1. The number of hydrogen-bond acceptors (Lipinski definition) is 3. The molecule has 0 spiro atoms. The number of sulfone groups is 1. The summed E-state index contributed by atoms with van der Waals surface area (Å²) in [6, 6.07) is 8.03. The summed E-state index contributed by atoms with van der Waals surface area (Å²) in [5.74, 6) is 2.06. The topological polar surface area (TPSA) is 37.4 Å². The molecule has 1 saturated carbocycles. The molecule has 2 aliphatic rings. The second-order valence-corrected chi connectivity index (χ2v) is 9.53. The Balaban J connectivity index is 1.61. The van der Waals surface area contributed by atoms with E-state index < -0.39 is 9.84 Å². The predicted molar refractivity (Wildman–Crippen MR) is 90.8 cm³/mol. The molecule has 0 atom stereocenters. The molecule has 122 valence electrons. The monoisotopic (exact) mass is 341 g/mol. The van der Waals surface area contributed by atoms with Crippen molar-refractivity contribution in [1.82, 2.24) is 4.90 Å². The number of nitrogens with zero attached hydrogens (tertiary/aromatic N) is 1. The third-order valence-corrected chi connectivity index (χ3v) is 6.84. The molecule has 22 heavy (non-hydrogen) atoms. The number of hydrogen-bond donors (Lipinski definition) is 0. The Morgan fingerprint density at radius 2 is 1.59 bits per heavy atom. The Labute approximate surface area is 138 Å². The summed E-state index contributed by atoms with van der Waals surface area (Å²) in [7, 11) is -2.77. The second-order valence-electron chi connectivity index (χ2n) is 6.82. The van der Waals surface area contributed by atoms with Crippen LogP contribution in [0, 0.1) is 11.8 Å². The van der Waals surface area contributed by atoms with Crippen LogP contribution in [0.25, 0.3) is 0 Å². The van der Waals surface area contributed by atoms with Crippen LogP contribution in [-0.4, -0.2) is 37.9 Å². The van der Waals surface area contributed by atoms with Crippen molar-refractivity contribution in [3.8, 4) is 0 Å². The van der Waals surface area contributed by atoms with Gasteiger partial charge in [0.25, 0.3) is 0 Å². The van der Waals surface area contributed by atoms with Crippen LogP contribution in [0.1, 0.15) is 31.2 Å². The van der Waals surface area contributed by atoms with Crippen LogP contribution in [-0.2, 0) is 16.4 Å². The molecular weight excluding hydrogens is 318 g/mol. The average Bonchev–Trinajstić information content (AvgIpc) is 3.28. The molecule has 1 aromatic rings. The molecule has 1 aliphatic carbocycles. The van der Waals surface area contributed by atoms with E-state index in [4.69, 9.17) is 11.6 Å². The quantitative estimate of drug-likeness (QED) is 0.796. The van der Waals surface area contributed by atoms with Gasteiger partial charge in [-0.05, 0) is 49.1 Å². The zero-order valence-corrected chi connectivity index (χ0v) is 14.5. The molecular formula is C17H24ClNO2S. The summed E-state index contributed by atoms with van der Waals surface area (Å²) in [5.41, 5.74) is 1.17. The van der Waals surface area contributed by atoms with E-state index in [2.05, 4.69) is 11.0 Å². The van der Waals surface area contributed by atoms with Crippen LogP contribution in [0.4, 0.5) is 0 Å². The standard InChI is InChI=1S/C17H24ClNO2S/c18-17-4-2-1-3-16(17)13-19(11-14-5-6-14)12-15-7-9-22(20,21)10-8-15/h1-4,14-15H,5-13H2. The lowest BCUT2D eigenvalue weighted by Gasteiger charge is -2.30. The van der Waals surface area contributed by atoms with E-state index in [1.807, 2.05) is 18.2 Å². The zero-order valence-electron chi connectivity index (χ0n) is 12.9. The molecule has 0 N–H and O–H groups in total. The van der Waals surface area contributed by atoms with Crippen LogP contribution < -0.4 is 0 Å². The van der Waals surface area contributed by atoms with Gasteiger partial charge in [0.1, 0.15) is 9.84 Å². The van der Waals surface area contributed by atoms with Gasteiger partial charge in [0, 0.05) is 24.7 Å². The van der Waals surface area contributed by atoms with Crippen LogP contribution in [0.5, 0.6) is 0 Å². The first kappa shape index (κ1) is 16.3. The summed E-state index contributed by atoms with van der Waals surface area (Å²) in [5, 5.41) is 0.828. The van der Waals surface area contributed by atoms with E-state index in [1.54, 1.807) is 0 Å². The van der Waals surface area contributed by atoms with Gasteiger partial charge in [-0.1, -0.05) is 29.8 Å². The van der Waals surface area contributed by atoms with Gasteiger partial charge in [-0.15, -0.1) is 0 Å². The normalized spacial score (nSPS) is 22.1. The zero-order chi connectivity index (χ0) is 15.6. The first-order chi connectivity index (χ1) is 10.5. The molecule has 1 aromatic carbocycles. The van der Waals surface area contributed by atoms with E-state index in [1.165, 1.54) is 18.4 Å². The van der Waals surface area contributed by atoms with Gasteiger partial charge in [0.15, 0.2) is 0 Å². The van der Waals surface area contributed by atoms with Crippen LogP contribution in [0.2, 0.25) is 5.02 Å². The van der Waals surface area contributed by atoms with E-state index in [0.717, 1.165) is 43.4 Å². The maximum atomic E-state index is 11.6. The Bertz CT molecular complexity index is 599. The Kier molecular flexibility index (Phi) is 5.10. The molecule has 3 nitrogen and oxygen atoms in total. The maximum Gasteiger partial charge on any atom is 0.150 e. The first-order valence-electron chi connectivity index (χ1n) is 8.18. The lowest BCUT2D eigenvalue weighted by Crippen LogP contribution is -2.35. The SMILES string of the molecule is O=S1(=O)CCC(CN(Cc2ccccc2Cl)CC2CC2)CC1. The highest BCUT2D eigenvalue weighted by Gasteiger charge is 2.29. The highest BCUT2D eigenvalue weighted by atomic mass is 35.5. The molecule has 0 unspecified atom stereocenters. The van der Waals surface area contributed by atoms with E-state index in [0.29, 0.717) is 17.4 Å². The third-order valence-electron chi connectivity index (χ3n) is 4.76. The largest absolute Gasteiger partial charge is 0.298 e. The lowest BCUT2D eigenvalue weighted by molar-refractivity contribution is 0.206. The molecule has 5 heteroatoms. The highest BCUT2D eigenvalue weighted by molar-refractivity contribution is 7.91. The molecule has 3 rings (SSSR count). The summed E-state index contributed by atoms with van der Waals surface area (Å²) in [6.45, 7) is 2.99. The van der Waals surface area contributed by atoms with Crippen molar-refractivity contribution in [3.05, 3.63) is 34.9 Å². The Hall–Kier alpha value is -0.580. The lowest BCUT2D eigenvalue weighted by atomic mass is 10.0. The van der Waals surface area contributed by atoms with Crippen LogP contribution in [0.3, 0.4) is 0 Å². The smallest absolute Gasteiger partial charge is 0.150 e. The maximum absolute atomic E-state index is 11.6. The molecule has 1 saturated heterocycles. The van der Waals surface area contributed by atoms with Gasteiger partial charge in [-0.25, -0.2) is 8.42 Å². The van der Waals surface area contributed by atoms with Gasteiger partial charge in [0.2, 0.25) is 0 Å². The first-order valence-corrected chi connectivity index (χ1v) is 10.4. The molecule has 1 heterocycles. The molecule has 0 amide bonds. The second kappa shape index (κ2) is 6.90. The Morgan fingerprint density at radius 3 is 2.18 bits per heavy atom. The van der Waals surface area contributed by atoms with Crippen molar-refractivity contribution in [3.63, 3.8) is 0 Å². The van der Waals surface area contributed by atoms with Gasteiger partial charge < -0.3 is 0 Å². The van der Waals surface area contributed by atoms with Crippen molar-refractivity contribution in [2.24, 2.45) is 11.8 Å². The summed E-state index contributed by atoms with van der Waals surface area (Å²) >= 11 is 6.29. The highest BCUT2D eigenvalue weighted by Crippen LogP contribution is 2.32. The molecule has 0 bridgehead atoms. The van der Waals surface area contributed by atoms with E-state index in [9.17, 15) is 8.42 Å². The van der Waals surface area contributed by atoms with Crippen molar-refractivity contribution in [2.45, 2.75) is 32.2 Å².